The van der Waals surface area contributed by atoms with E-state index in [0.717, 1.165) is 0 Å². The first kappa shape index (κ1) is 18.3. The quantitative estimate of drug-likeness (QED) is 0.438. The molecule has 0 aliphatic carbocycles. The van der Waals surface area contributed by atoms with Crippen molar-refractivity contribution in [3.63, 3.8) is 0 Å². The second-order valence-electron chi connectivity index (χ2n) is 2.01. The molecular weight excluding hydrogens is 297 g/mol. The first-order valence-electron chi connectivity index (χ1n) is 3.00. The van der Waals surface area contributed by atoms with Crippen molar-refractivity contribution < 1.29 is 17.5 Å². The van der Waals surface area contributed by atoms with E-state index in [1.165, 1.54) is 0 Å². The van der Waals surface area contributed by atoms with Crippen molar-refractivity contribution in [2.24, 2.45) is 0 Å². The summed E-state index contributed by atoms with van der Waals surface area (Å²) in [6.45, 7) is 0. The summed E-state index contributed by atoms with van der Waals surface area (Å²) in [7, 11) is -4.67. The molecule has 0 aliphatic rings. The molecule has 0 bridgehead atoms. The van der Waals surface area contributed by atoms with E-state index in [4.69, 9.17) is 52.3 Å². The van der Waals surface area contributed by atoms with Crippen LogP contribution in [-0.2, 0) is 10.4 Å². The Bertz CT molecular complexity index is 401. The topological polar surface area (TPSA) is 74.6 Å². The van der Waals surface area contributed by atoms with Gasteiger partial charge >= 0.3 is 40.0 Å². The molecule has 0 spiro atoms. The Labute approximate surface area is 124 Å². The molecule has 0 atom stereocenters. The molecule has 0 unspecified atom stereocenters. The van der Waals surface area contributed by atoms with Gasteiger partial charge in [0.05, 0.1) is 10.0 Å². The molecule has 0 saturated heterocycles. The van der Waals surface area contributed by atoms with Crippen molar-refractivity contribution in [1.82, 2.24) is 0 Å². The third-order valence-corrected chi connectivity index (χ3v) is 1.86. The Morgan fingerprint density at radius 3 is 1.67 bits per heavy atom. The van der Waals surface area contributed by atoms with E-state index in [2.05, 4.69) is 0 Å². The Morgan fingerprint density at radius 2 is 1.40 bits per heavy atom. The Kier molecular flexibility index (Phi) is 9.91. The normalized spacial score (nSPS) is 9.67. The second kappa shape index (κ2) is 8.11. The van der Waals surface area contributed by atoms with E-state index in [0.29, 0.717) is 15.1 Å². The summed E-state index contributed by atoms with van der Waals surface area (Å²) >= 11 is 16.8. The zero-order chi connectivity index (χ0) is 11.4. The number of rotatable bonds is 0. The molecule has 0 radical (unpaired) electrons. The second-order valence-corrected chi connectivity index (χ2v) is 4.15. The SMILES string of the molecule is Clc1ccc(Cl)c(Cl)c1.O=S(=O)(O)O.[NaH]. The third kappa shape index (κ3) is 12.9. The van der Waals surface area contributed by atoms with Crippen molar-refractivity contribution in [1.29, 1.82) is 0 Å². The van der Waals surface area contributed by atoms with Crippen molar-refractivity contribution in [3.05, 3.63) is 33.3 Å². The predicted molar refractivity (Wildman–Crippen MR) is 62.8 cm³/mol. The van der Waals surface area contributed by atoms with Crippen LogP contribution >= 0.6 is 34.8 Å². The van der Waals surface area contributed by atoms with Gasteiger partial charge in [0.25, 0.3) is 0 Å². The van der Waals surface area contributed by atoms with Gasteiger partial charge in [-0.15, -0.1) is 0 Å². The molecule has 2 N–H and O–H groups in total. The van der Waals surface area contributed by atoms with Gasteiger partial charge in [0.1, 0.15) is 0 Å². The van der Waals surface area contributed by atoms with Crippen LogP contribution in [0.4, 0.5) is 0 Å². The molecule has 0 amide bonds. The number of hydrogen-bond acceptors (Lipinski definition) is 2. The van der Waals surface area contributed by atoms with Crippen LogP contribution in [0.2, 0.25) is 15.1 Å². The van der Waals surface area contributed by atoms with E-state index in [9.17, 15) is 0 Å². The van der Waals surface area contributed by atoms with Gasteiger partial charge in [0, 0.05) is 5.02 Å². The number of hydrogen-bond donors (Lipinski definition) is 2. The first-order valence-corrected chi connectivity index (χ1v) is 5.53. The molecule has 0 saturated carbocycles. The van der Waals surface area contributed by atoms with Crippen LogP contribution in [0.1, 0.15) is 0 Å². The fraction of sp³-hybridized carbons (Fsp3) is 0. The molecule has 4 nitrogen and oxygen atoms in total. The maximum absolute atomic E-state index is 8.74. The zero-order valence-corrected chi connectivity index (χ0v) is 9.57. The molecule has 1 rings (SSSR count). The monoisotopic (exact) mass is 302 g/mol. The summed E-state index contributed by atoms with van der Waals surface area (Å²) < 4.78 is 31.6. The fourth-order valence-corrected chi connectivity index (χ4v) is 0.997. The van der Waals surface area contributed by atoms with Crippen molar-refractivity contribution in [2.75, 3.05) is 0 Å². The van der Waals surface area contributed by atoms with Crippen LogP contribution in [0.15, 0.2) is 18.2 Å². The first-order chi connectivity index (χ1) is 6.20. The molecule has 82 valence electrons. The summed E-state index contributed by atoms with van der Waals surface area (Å²) in [6.07, 6.45) is 0. The summed E-state index contributed by atoms with van der Waals surface area (Å²) in [5.74, 6) is 0. The third-order valence-electron chi connectivity index (χ3n) is 0.882. The van der Waals surface area contributed by atoms with Gasteiger partial charge in [-0.05, 0) is 18.2 Å². The molecule has 0 aromatic heterocycles. The number of benzene rings is 1. The van der Waals surface area contributed by atoms with Crippen LogP contribution in [0.25, 0.3) is 0 Å². The summed E-state index contributed by atoms with van der Waals surface area (Å²) in [4.78, 5) is 0. The van der Waals surface area contributed by atoms with Crippen LogP contribution in [0.5, 0.6) is 0 Å². The van der Waals surface area contributed by atoms with Gasteiger partial charge in [-0.2, -0.15) is 8.42 Å². The zero-order valence-electron chi connectivity index (χ0n) is 6.49. The minimum absolute atomic E-state index is 0. The Hall–Kier alpha value is 0.960. The van der Waals surface area contributed by atoms with Crippen molar-refractivity contribution in [2.45, 2.75) is 0 Å². The van der Waals surface area contributed by atoms with E-state index >= 15 is 0 Å². The molecule has 15 heavy (non-hydrogen) atoms. The fourth-order valence-electron chi connectivity index (χ4n) is 0.470. The van der Waals surface area contributed by atoms with Gasteiger partial charge in [-0.1, -0.05) is 34.8 Å². The minimum atomic E-state index is -4.67. The maximum atomic E-state index is 8.74. The van der Waals surface area contributed by atoms with Gasteiger partial charge < -0.3 is 0 Å². The van der Waals surface area contributed by atoms with Crippen LogP contribution in [0.3, 0.4) is 0 Å². The van der Waals surface area contributed by atoms with Gasteiger partial charge in [-0.25, -0.2) is 0 Å². The molecule has 0 heterocycles. The molecular formula is C6H6Cl3NaO4S. The molecule has 0 aliphatic heterocycles. The Morgan fingerprint density at radius 1 is 1.00 bits per heavy atom. The van der Waals surface area contributed by atoms with Gasteiger partial charge in [0.15, 0.2) is 0 Å². The summed E-state index contributed by atoms with van der Waals surface area (Å²) in [5, 5.41) is 1.62. The average molecular weight is 304 g/mol. The molecule has 1 aromatic rings. The molecule has 1 aromatic carbocycles. The van der Waals surface area contributed by atoms with E-state index in [1.54, 1.807) is 18.2 Å². The van der Waals surface area contributed by atoms with Gasteiger partial charge in [-0.3, -0.25) is 9.11 Å². The average Bonchev–Trinajstić information content (AvgIpc) is 1.94. The van der Waals surface area contributed by atoms with Crippen LogP contribution < -0.4 is 0 Å². The Balaban J connectivity index is 0. The molecule has 0 fully saturated rings. The van der Waals surface area contributed by atoms with Crippen molar-refractivity contribution in [3.8, 4) is 0 Å². The van der Waals surface area contributed by atoms with Crippen LogP contribution in [-0.4, -0.2) is 47.1 Å². The summed E-state index contributed by atoms with van der Waals surface area (Å²) in [6, 6.07) is 4.95. The predicted octanol–water partition coefficient (Wildman–Crippen LogP) is 2.35. The van der Waals surface area contributed by atoms with E-state index < -0.39 is 10.4 Å². The van der Waals surface area contributed by atoms with Crippen molar-refractivity contribution >= 4 is 74.8 Å². The van der Waals surface area contributed by atoms with Gasteiger partial charge in [0.2, 0.25) is 0 Å². The molecule has 9 heteroatoms. The summed E-state index contributed by atoms with van der Waals surface area (Å²) in [5.41, 5.74) is 0. The van der Waals surface area contributed by atoms with E-state index in [1.807, 2.05) is 0 Å². The number of halogens is 3. The standard InChI is InChI=1S/C6H3Cl3.Na.H2O4S.H/c7-4-1-2-5(8)6(9)3-4;;1-5(2,3)4;/h1-3H;;(H2,1,2,3,4);. The van der Waals surface area contributed by atoms with E-state index in [-0.39, 0.29) is 29.6 Å². The van der Waals surface area contributed by atoms with Crippen LogP contribution in [0, 0.1) is 0 Å².